The summed E-state index contributed by atoms with van der Waals surface area (Å²) in [5, 5.41) is 13.0. The number of aliphatic hydroxyl groups is 1. The Morgan fingerprint density at radius 2 is 1.73 bits per heavy atom. The van der Waals surface area contributed by atoms with E-state index >= 15 is 0 Å². The second-order valence-corrected chi connectivity index (χ2v) is 6.29. The summed E-state index contributed by atoms with van der Waals surface area (Å²) in [4.78, 5) is 0.103. The van der Waals surface area contributed by atoms with Crippen molar-refractivity contribution in [3.8, 4) is 5.75 Å². The maximum Gasteiger partial charge on any atom is 0.339 e. The maximum absolute atomic E-state index is 12.1. The van der Waals surface area contributed by atoms with Crippen molar-refractivity contribution in [1.29, 1.82) is 0 Å². The van der Waals surface area contributed by atoms with Gasteiger partial charge < -0.3 is 14.6 Å². The van der Waals surface area contributed by atoms with Gasteiger partial charge in [-0.2, -0.15) is 8.42 Å². The van der Waals surface area contributed by atoms with E-state index in [9.17, 15) is 13.5 Å². The van der Waals surface area contributed by atoms with Gasteiger partial charge in [0.15, 0.2) is 0 Å². The fourth-order valence-electron chi connectivity index (χ4n) is 1.91. The van der Waals surface area contributed by atoms with Gasteiger partial charge in [0.1, 0.15) is 10.6 Å². The Morgan fingerprint density at radius 1 is 1.09 bits per heavy atom. The molecule has 2 aromatic rings. The van der Waals surface area contributed by atoms with Gasteiger partial charge in [-0.15, -0.1) is 0 Å². The Balaban J connectivity index is 2.08. The van der Waals surface area contributed by atoms with Crippen molar-refractivity contribution in [2.75, 3.05) is 13.1 Å². The summed E-state index contributed by atoms with van der Waals surface area (Å²) in [6, 6.07) is 14.3. The first-order valence-corrected chi connectivity index (χ1v) is 8.42. The van der Waals surface area contributed by atoms with Crippen molar-refractivity contribution in [3.05, 3.63) is 60.2 Å². The second kappa shape index (κ2) is 7.40. The van der Waals surface area contributed by atoms with Crippen molar-refractivity contribution in [3.63, 3.8) is 0 Å². The highest BCUT2D eigenvalue weighted by Gasteiger charge is 2.16. The number of rotatable bonds is 7. The van der Waals surface area contributed by atoms with Crippen LogP contribution in [0.25, 0.3) is 0 Å². The number of nitrogens with one attached hydrogen (secondary N) is 1. The molecule has 0 saturated heterocycles. The van der Waals surface area contributed by atoms with Gasteiger partial charge >= 0.3 is 10.1 Å². The van der Waals surface area contributed by atoms with Crippen molar-refractivity contribution >= 4 is 10.1 Å². The molecular formula is C16H19NO4S. The molecule has 0 aliphatic heterocycles. The summed E-state index contributed by atoms with van der Waals surface area (Å²) in [6.07, 6.45) is -0.639. The zero-order valence-corrected chi connectivity index (χ0v) is 13.1. The normalized spacial score (nSPS) is 12.8. The number of aliphatic hydroxyl groups excluding tert-OH is 1. The highest BCUT2D eigenvalue weighted by Crippen LogP contribution is 2.21. The summed E-state index contributed by atoms with van der Waals surface area (Å²) in [5.41, 5.74) is 0.699. The number of hydrogen-bond acceptors (Lipinski definition) is 5. The fourth-order valence-corrected chi connectivity index (χ4v) is 2.86. The predicted octanol–water partition coefficient (Wildman–Crippen LogP) is 2.10. The molecule has 0 aliphatic carbocycles. The van der Waals surface area contributed by atoms with Crippen molar-refractivity contribution in [1.82, 2.24) is 5.32 Å². The molecule has 0 spiro atoms. The summed E-state index contributed by atoms with van der Waals surface area (Å²) in [7, 11) is -3.84. The predicted molar refractivity (Wildman–Crippen MR) is 84.2 cm³/mol. The van der Waals surface area contributed by atoms with Gasteiger partial charge in [0.25, 0.3) is 0 Å². The molecule has 2 N–H and O–H groups in total. The van der Waals surface area contributed by atoms with E-state index in [1.807, 2.05) is 6.92 Å². The van der Waals surface area contributed by atoms with Crippen LogP contribution in [0.3, 0.4) is 0 Å². The molecule has 0 unspecified atom stereocenters. The van der Waals surface area contributed by atoms with Crippen LogP contribution in [-0.4, -0.2) is 26.6 Å². The molecule has 0 radical (unpaired) electrons. The zero-order chi connectivity index (χ0) is 16.0. The first-order valence-electron chi connectivity index (χ1n) is 7.01. The Labute approximate surface area is 130 Å². The SMILES string of the molecule is CCNC[C@H](O)c1ccc(OS(=O)(=O)c2ccccc2)cc1. The average molecular weight is 321 g/mol. The van der Waals surface area contributed by atoms with Crippen LogP contribution in [0.1, 0.15) is 18.6 Å². The molecule has 1 atom stereocenters. The smallest absolute Gasteiger partial charge is 0.339 e. The van der Waals surface area contributed by atoms with Crippen molar-refractivity contribution < 1.29 is 17.7 Å². The minimum Gasteiger partial charge on any atom is -0.387 e. The van der Waals surface area contributed by atoms with Gasteiger partial charge in [0.05, 0.1) is 6.10 Å². The average Bonchev–Trinajstić information content (AvgIpc) is 2.54. The lowest BCUT2D eigenvalue weighted by atomic mass is 10.1. The first-order chi connectivity index (χ1) is 10.5. The monoisotopic (exact) mass is 321 g/mol. The highest BCUT2D eigenvalue weighted by atomic mass is 32.2. The molecule has 0 aromatic heterocycles. The molecule has 118 valence electrons. The topological polar surface area (TPSA) is 75.6 Å². The standard InChI is InChI=1S/C16H19NO4S/c1-2-17-12-16(18)13-8-10-14(11-9-13)21-22(19,20)15-6-4-3-5-7-15/h3-11,16-18H,2,12H2,1H3/t16-/m0/s1. The second-order valence-electron chi connectivity index (χ2n) is 4.74. The summed E-state index contributed by atoms with van der Waals surface area (Å²) < 4.78 is 29.2. The number of likely N-dealkylation sites (N-methyl/N-ethyl adjacent to an activating group) is 1. The van der Waals surface area contributed by atoms with Crippen LogP contribution in [0.2, 0.25) is 0 Å². The quantitative estimate of drug-likeness (QED) is 0.764. The Morgan fingerprint density at radius 3 is 2.32 bits per heavy atom. The van der Waals surface area contributed by atoms with Gasteiger partial charge in [-0.05, 0) is 36.4 Å². The molecule has 0 amide bonds. The Bertz CT molecular complexity index is 684. The molecule has 22 heavy (non-hydrogen) atoms. The van der Waals surface area contributed by atoms with E-state index in [2.05, 4.69) is 5.32 Å². The summed E-state index contributed by atoms with van der Waals surface area (Å²) >= 11 is 0. The van der Waals surface area contributed by atoms with Crippen LogP contribution < -0.4 is 9.50 Å². The minimum absolute atomic E-state index is 0.103. The van der Waals surface area contributed by atoms with E-state index in [1.54, 1.807) is 30.3 Å². The lowest BCUT2D eigenvalue weighted by Gasteiger charge is -2.12. The zero-order valence-electron chi connectivity index (χ0n) is 12.3. The molecule has 0 aliphatic rings. The molecule has 5 nitrogen and oxygen atoms in total. The van der Waals surface area contributed by atoms with Gasteiger partial charge in [-0.25, -0.2) is 0 Å². The van der Waals surface area contributed by atoms with E-state index in [0.29, 0.717) is 12.1 Å². The van der Waals surface area contributed by atoms with Crippen molar-refractivity contribution in [2.24, 2.45) is 0 Å². The van der Waals surface area contributed by atoms with Crippen LogP contribution in [0, 0.1) is 0 Å². The van der Waals surface area contributed by atoms with Crippen LogP contribution in [0.4, 0.5) is 0 Å². The maximum atomic E-state index is 12.1. The Hall–Kier alpha value is -1.89. The molecule has 2 rings (SSSR count). The summed E-state index contributed by atoms with van der Waals surface area (Å²) in [6.45, 7) is 3.17. The van der Waals surface area contributed by atoms with E-state index in [0.717, 1.165) is 6.54 Å². The van der Waals surface area contributed by atoms with Gasteiger partial charge in [0.2, 0.25) is 0 Å². The third-order valence-corrected chi connectivity index (χ3v) is 4.35. The molecule has 0 bridgehead atoms. The number of hydrogen-bond donors (Lipinski definition) is 2. The number of benzene rings is 2. The molecular weight excluding hydrogens is 302 g/mol. The van der Waals surface area contributed by atoms with Crippen LogP contribution in [0.15, 0.2) is 59.5 Å². The summed E-state index contributed by atoms with van der Waals surface area (Å²) in [5.74, 6) is 0.211. The van der Waals surface area contributed by atoms with Crippen molar-refractivity contribution in [2.45, 2.75) is 17.9 Å². The third kappa shape index (κ3) is 4.30. The molecule has 2 aromatic carbocycles. The first kappa shape index (κ1) is 16.5. The van der Waals surface area contributed by atoms with Crippen LogP contribution >= 0.6 is 0 Å². The lowest BCUT2D eigenvalue weighted by molar-refractivity contribution is 0.175. The van der Waals surface area contributed by atoms with Gasteiger partial charge in [0, 0.05) is 6.54 Å². The van der Waals surface area contributed by atoms with Gasteiger partial charge in [-0.1, -0.05) is 37.3 Å². The highest BCUT2D eigenvalue weighted by molar-refractivity contribution is 7.87. The Kier molecular flexibility index (Phi) is 5.54. The van der Waals surface area contributed by atoms with E-state index in [1.165, 1.54) is 24.3 Å². The fraction of sp³-hybridized carbons (Fsp3) is 0.250. The largest absolute Gasteiger partial charge is 0.387 e. The van der Waals surface area contributed by atoms with Crippen LogP contribution in [0.5, 0.6) is 5.75 Å². The van der Waals surface area contributed by atoms with E-state index in [4.69, 9.17) is 4.18 Å². The molecule has 0 fully saturated rings. The molecule has 6 heteroatoms. The van der Waals surface area contributed by atoms with Gasteiger partial charge in [-0.3, -0.25) is 0 Å². The van der Waals surface area contributed by atoms with E-state index < -0.39 is 16.2 Å². The third-order valence-electron chi connectivity index (χ3n) is 3.09. The van der Waals surface area contributed by atoms with E-state index in [-0.39, 0.29) is 10.6 Å². The molecule has 0 heterocycles. The minimum atomic E-state index is -3.84. The molecule has 0 saturated carbocycles. The lowest BCUT2D eigenvalue weighted by Crippen LogP contribution is -2.20. The van der Waals surface area contributed by atoms with Crippen LogP contribution in [-0.2, 0) is 10.1 Å².